The molecule has 1 aromatic carbocycles. The first kappa shape index (κ1) is 24.4. The fraction of sp³-hybridized carbons (Fsp3) is 0.400. The summed E-state index contributed by atoms with van der Waals surface area (Å²) in [7, 11) is 1.71. The van der Waals surface area contributed by atoms with Crippen molar-refractivity contribution in [2.45, 2.75) is 25.4 Å². The first-order valence-corrected chi connectivity index (χ1v) is 9.75. The van der Waals surface area contributed by atoms with Crippen LogP contribution < -0.4 is 20.3 Å². The molecule has 3 rings (SSSR count). The number of rotatable bonds is 7. The number of nitrogens with one attached hydrogen (secondary N) is 2. The van der Waals surface area contributed by atoms with E-state index in [9.17, 15) is 8.78 Å². The number of nitrogens with zero attached hydrogens (tertiary/aromatic N) is 3. The predicted octanol–water partition coefficient (Wildman–Crippen LogP) is 3.94. The molecule has 0 bridgehead atoms. The Labute approximate surface area is 197 Å². The van der Waals surface area contributed by atoms with E-state index in [1.54, 1.807) is 31.4 Å². The van der Waals surface area contributed by atoms with Gasteiger partial charge in [-0.3, -0.25) is 4.99 Å². The van der Waals surface area contributed by atoms with Gasteiger partial charge in [0.05, 0.1) is 5.02 Å². The first-order valence-electron chi connectivity index (χ1n) is 9.37. The van der Waals surface area contributed by atoms with Crippen molar-refractivity contribution in [2.75, 3.05) is 31.6 Å². The molecule has 0 spiro atoms. The molecule has 1 saturated heterocycles. The highest BCUT2D eigenvalue weighted by atomic mass is 127. The maximum Gasteiger partial charge on any atom is 0.272 e. The summed E-state index contributed by atoms with van der Waals surface area (Å²) < 4.78 is 29.7. The molecule has 2 heterocycles. The molecule has 1 aliphatic rings. The molecular formula is C20H25ClF2IN5O. The number of hydrogen-bond donors (Lipinski definition) is 2. The Balaban J connectivity index is 0.00000320. The molecule has 0 amide bonds. The SMILES string of the molecule is CN=C(NCc1cccc(OCC(F)F)c1)NC1CCN(c2ncccc2Cl)C1.I. The zero-order valence-corrected chi connectivity index (χ0v) is 19.6. The van der Waals surface area contributed by atoms with E-state index in [0.29, 0.717) is 23.3 Å². The van der Waals surface area contributed by atoms with Crippen molar-refractivity contribution >= 4 is 47.4 Å². The molecule has 30 heavy (non-hydrogen) atoms. The van der Waals surface area contributed by atoms with Crippen LogP contribution in [0.2, 0.25) is 5.02 Å². The van der Waals surface area contributed by atoms with Crippen molar-refractivity contribution in [2.24, 2.45) is 4.99 Å². The van der Waals surface area contributed by atoms with E-state index in [-0.39, 0.29) is 30.0 Å². The third-order valence-electron chi connectivity index (χ3n) is 4.53. The zero-order valence-electron chi connectivity index (χ0n) is 16.5. The Hall–Kier alpha value is -1.88. The summed E-state index contributed by atoms with van der Waals surface area (Å²) in [5, 5.41) is 7.29. The fourth-order valence-electron chi connectivity index (χ4n) is 3.16. The molecule has 0 radical (unpaired) electrons. The minimum Gasteiger partial charge on any atom is -0.488 e. The van der Waals surface area contributed by atoms with Crippen LogP contribution in [0.3, 0.4) is 0 Å². The minimum atomic E-state index is -2.49. The Morgan fingerprint density at radius 2 is 2.20 bits per heavy atom. The van der Waals surface area contributed by atoms with Gasteiger partial charge in [-0.15, -0.1) is 24.0 Å². The molecule has 2 aromatic rings. The third-order valence-corrected chi connectivity index (χ3v) is 4.82. The molecule has 10 heteroatoms. The number of aromatic nitrogens is 1. The molecule has 2 N–H and O–H groups in total. The molecule has 164 valence electrons. The summed E-state index contributed by atoms with van der Waals surface area (Å²) in [5.74, 6) is 1.89. The minimum absolute atomic E-state index is 0. The van der Waals surface area contributed by atoms with Gasteiger partial charge in [0.2, 0.25) is 0 Å². The van der Waals surface area contributed by atoms with E-state index in [0.717, 1.165) is 30.9 Å². The van der Waals surface area contributed by atoms with Gasteiger partial charge in [-0.2, -0.15) is 0 Å². The van der Waals surface area contributed by atoms with Crippen LogP contribution in [-0.4, -0.2) is 50.2 Å². The topological polar surface area (TPSA) is 61.8 Å². The number of ether oxygens (including phenoxy) is 1. The van der Waals surface area contributed by atoms with E-state index in [1.807, 2.05) is 18.2 Å². The highest BCUT2D eigenvalue weighted by Crippen LogP contribution is 2.25. The van der Waals surface area contributed by atoms with Crippen LogP contribution in [-0.2, 0) is 6.54 Å². The molecule has 1 atom stereocenters. The van der Waals surface area contributed by atoms with Gasteiger partial charge in [-0.25, -0.2) is 13.8 Å². The summed E-state index contributed by atoms with van der Waals surface area (Å²) >= 11 is 6.24. The number of guanidine groups is 1. The van der Waals surface area contributed by atoms with E-state index in [2.05, 4.69) is 25.5 Å². The number of benzene rings is 1. The highest BCUT2D eigenvalue weighted by Gasteiger charge is 2.25. The van der Waals surface area contributed by atoms with Gasteiger partial charge in [-0.1, -0.05) is 23.7 Å². The van der Waals surface area contributed by atoms with Gasteiger partial charge in [0.25, 0.3) is 6.43 Å². The second kappa shape index (κ2) is 12.1. The van der Waals surface area contributed by atoms with Gasteiger partial charge in [0, 0.05) is 38.9 Å². The molecule has 0 saturated carbocycles. The number of aliphatic imine (C=N–C) groups is 1. The van der Waals surface area contributed by atoms with E-state index in [1.165, 1.54) is 0 Å². The predicted molar refractivity (Wildman–Crippen MR) is 127 cm³/mol. The molecule has 1 fully saturated rings. The lowest BCUT2D eigenvalue weighted by atomic mass is 10.2. The van der Waals surface area contributed by atoms with Crippen LogP contribution in [0.15, 0.2) is 47.6 Å². The molecular weight excluding hydrogens is 527 g/mol. The summed E-state index contributed by atoms with van der Waals surface area (Å²) in [6.45, 7) is 1.51. The first-order chi connectivity index (χ1) is 14.0. The summed E-state index contributed by atoms with van der Waals surface area (Å²) in [4.78, 5) is 10.8. The average molecular weight is 552 g/mol. The Bertz CT molecular complexity index is 842. The molecule has 1 aromatic heterocycles. The number of alkyl halides is 2. The summed E-state index contributed by atoms with van der Waals surface area (Å²) in [6.07, 6.45) is 0.179. The lowest BCUT2D eigenvalue weighted by molar-refractivity contribution is 0.0818. The zero-order chi connectivity index (χ0) is 20.6. The van der Waals surface area contributed by atoms with Crippen molar-refractivity contribution in [3.63, 3.8) is 0 Å². The third kappa shape index (κ3) is 7.12. The second-order valence-electron chi connectivity index (χ2n) is 6.66. The largest absolute Gasteiger partial charge is 0.488 e. The van der Waals surface area contributed by atoms with Crippen LogP contribution in [0.4, 0.5) is 14.6 Å². The van der Waals surface area contributed by atoms with Crippen LogP contribution in [0.1, 0.15) is 12.0 Å². The van der Waals surface area contributed by atoms with Gasteiger partial charge in [-0.05, 0) is 36.2 Å². The number of hydrogen-bond acceptors (Lipinski definition) is 4. The van der Waals surface area contributed by atoms with Crippen LogP contribution in [0.25, 0.3) is 0 Å². The lowest BCUT2D eigenvalue weighted by Gasteiger charge is -2.20. The van der Waals surface area contributed by atoms with E-state index >= 15 is 0 Å². The maximum absolute atomic E-state index is 12.3. The lowest BCUT2D eigenvalue weighted by Crippen LogP contribution is -2.44. The smallest absolute Gasteiger partial charge is 0.272 e. The van der Waals surface area contributed by atoms with Crippen molar-refractivity contribution in [3.05, 3.63) is 53.2 Å². The quantitative estimate of drug-likeness (QED) is 0.310. The normalized spacial score (nSPS) is 16.4. The monoisotopic (exact) mass is 551 g/mol. The van der Waals surface area contributed by atoms with Crippen molar-refractivity contribution in [1.29, 1.82) is 0 Å². The van der Waals surface area contributed by atoms with Gasteiger partial charge < -0.3 is 20.3 Å². The summed E-state index contributed by atoms with van der Waals surface area (Å²) in [5.41, 5.74) is 0.910. The van der Waals surface area contributed by atoms with Gasteiger partial charge >= 0.3 is 0 Å². The Morgan fingerprint density at radius 3 is 2.93 bits per heavy atom. The summed E-state index contributed by atoms with van der Waals surface area (Å²) in [6, 6.07) is 10.9. The van der Waals surface area contributed by atoms with E-state index in [4.69, 9.17) is 16.3 Å². The second-order valence-corrected chi connectivity index (χ2v) is 7.07. The Morgan fingerprint density at radius 1 is 1.37 bits per heavy atom. The molecule has 0 aliphatic carbocycles. The molecule has 1 aliphatic heterocycles. The van der Waals surface area contributed by atoms with Crippen molar-refractivity contribution in [1.82, 2.24) is 15.6 Å². The number of halogens is 4. The molecule has 6 nitrogen and oxygen atoms in total. The van der Waals surface area contributed by atoms with Crippen LogP contribution in [0.5, 0.6) is 5.75 Å². The average Bonchev–Trinajstić information content (AvgIpc) is 3.18. The maximum atomic E-state index is 12.3. The standard InChI is InChI=1S/C20H24ClF2N5O.HI/c1-24-20(26-11-14-4-2-5-16(10-14)29-13-18(22)23)27-15-7-9-28(12-15)19-17(21)6-3-8-25-19;/h2-6,8,10,15,18H,7,9,11-13H2,1H3,(H2,24,26,27);1H. The number of anilines is 1. The fourth-order valence-corrected chi connectivity index (χ4v) is 3.40. The van der Waals surface area contributed by atoms with Gasteiger partial charge in [0.1, 0.15) is 18.2 Å². The van der Waals surface area contributed by atoms with Crippen molar-refractivity contribution < 1.29 is 13.5 Å². The highest BCUT2D eigenvalue weighted by molar-refractivity contribution is 14.0. The van der Waals surface area contributed by atoms with Gasteiger partial charge in [0.15, 0.2) is 5.96 Å². The van der Waals surface area contributed by atoms with Crippen LogP contribution in [0, 0.1) is 0 Å². The van der Waals surface area contributed by atoms with Crippen LogP contribution >= 0.6 is 35.6 Å². The molecule has 1 unspecified atom stereocenters. The Kier molecular flexibility index (Phi) is 9.83. The van der Waals surface area contributed by atoms with E-state index < -0.39 is 13.0 Å². The number of pyridine rings is 1. The van der Waals surface area contributed by atoms with Crippen molar-refractivity contribution in [3.8, 4) is 5.75 Å².